The van der Waals surface area contributed by atoms with Gasteiger partial charge in [0, 0.05) is 6.07 Å². The number of anilines is 3. The number of aryl methyl sites for hydroxylation is 1. The minimum absolute atomic E-state index is 0.0886. The van der Waals surface area contributed by atoms with Crippen molar-refractivity contribution in [3.8, 4) is 5.75 Å². The maximum atomic E-state index is 12.9. The van der Waals surface area contributed by atoms with E-state index in [1.54, 1.807) is 13.0 Å². The standard InChI is InChI=1S/C12H11FN2O3S.C9H9F3/c1-18-12(17)11-9(16)5-10(19-11)15-8-3-2-6(13)4-7(8)14;1-2-7-5-3-4-6-8(7)9(10,11)12/h2-5,15-16H,14H2,1H3;3-6H,2H2,1H3. The summed E-state index contributed by atoms with van der Waals surface area (Å²) in [6, 6.07) is 10.9. The molecule has 166 valence electrons. The molecule has 0 spiro atoms. The predicted molar refractivity (Wildman–Crippen MR) is 112 cm³/mol. The molecule has 10 heteroatoms. The van der Waals surface area contributed by atoms with Crippen molar-refractivity contribution in [2.24, 2.45) is 0 Å². The molecular formula is C21H20F4N2O3S. The van der Waals surface area contributed by atoms with Gasteiger partial charge in [-0.1, -0.05) is 25.1 Å². The van der Waals surface area contributed by atoms with Crippen LogP contribution in [-0.4, -0.2) is 18.2 Å². The molecule has 3 rings (SSSR count). The summed E-state index contributed by atoms with van der Waals surface area (Å²) in [5.74, 6) is -1.24. The van der Waals surface area contributed by atoms with Crippen LogP contribution in [0.25, 0.3) is 0 Å². The summed E-state index contributed by atoms with van der Waals surface area (Å²) in [6.45, 7) is 1.71. The van der Waals surface area contributed by atoms with Gasteiger partial charge in [0.25, 0.3) is 0 Å². The minimum atomic E-state index is -4.22. The summed E-state index contributed by atoms with van der Waals surface area (Å²) in [5, 5.41) is 13.0. The van der Waals surface area contributed by atoms with Gasteiger partial charge >= 0.3 is 12.1 Å². The Hall–Kier alpha value is -3.27. The molecule has 3 aromatic rings. The van der Waals surface area contributed by atoms with E-state index in [0.29, 0.717) is 22.7 Å². The number of hydrogen-bond donors (Lipinski definition) is 3. The quantitative estimate of drug-likeness (QED) is 0.256. The normalized spacial score (nSPS) is 10.8. The van der Waals surface area contributed by atoms with E-state index in [2.05, 4.69) is 10.1 Å². The monoisotopic (exact) mass is 456 g/mol. The smallest absolute Gasteiger partial charge is 0.416 e. The van der Waals surface area contributed by atoms with Gasteiger partial charge < -0.3 is 20.9 Å². The first kappa shape index (κ1) is 24.0. The lowest BCUT2D eigenvalue weighted by Crippen LogP contribution is -2.08. The molecule has 0 radical (unpaired) electrons. The lowest BCUT2D eigenvalue weighted by molar-refractivity contribution is -0.138. The number of alkyl halides is 3. The van der Waals surface area contributed by atoms with E-state index in [1.165, 1.54) is 43.5 Å². The molecule has 0 atom stereocenters. The maximum Gasteiger partial charge on any atom is 0.416 e. The van der Waals surface area contributed by atoms with Crippen LogP contribution in [0, 0.1) is 5.82 Å². The van der Waals surface area contributed by atoms with Crippen molar-refractivity contribution in [2.75, 3.05) is 18.2 Å². The van der Waals surface area contributed by atoms with E-state index in [1.807, 2.05) is 0 Å². The average molecular weight is 456 g/mol. The van der Waals surface area contributed by atoms with Crippen molar-refractivity contribution in [1.29, 1.82) is 0 Å². The van der Waals surface area contributed by atoms with Crippen molar-refractivity contribution in [2.45, 2.75) is 19.5 Å². The van der Waals surface area contributed by atoms with E-state index < -0.39 is 23.5 Å². The van der Waals surface area contributed by atoms with Crippen LogP contribution in [0.5, 0.6) is 5.75 Å². The van der Waals surface area contributed by atoms with Crippen molar-refractivity contribution >= 4 is 33.7 Å². The van der Waals surface area contributed by atoms with Crippen molar-refractivity contribution in [3.63, 3.8) is 0 Å². The van der Waals surface area contributed by atoms with Crippen LogP contribution >= 0.6 is 11.3 Å². The molecule has 1 aromatic heterocycles. The predicted octanol–water partition coefficient (Wildman–Crippen LogP) is 5.97. The fourth-order valence-corrected chi connectivity index (χ4v) is 3.45. The molecule has 0 fully saturated rings. The molecular weight excluding hydrogens is 436 g/mol. The third-order valence-corrected chi connectivity index (χ3v) is 5.08. The molecule has 0 aliphatic heterocycles. The highest BCUT2D eigenvalue weighted by atomic mass is 32.1. The average Bonchev–Trinajstić information content (AvgIpc) is 3.09. The molecule has 31 heavy (non-hydrogen) atoms. The molecule has 5 nitrogen and oxygen atoms in total. The third kappa shape index (κ3) is 6.35. The number of methoxy groups -OCH3 is 1. The second-order valence-electron chi connectivity index (χ2n) is 6.18. The Kier molecular flexibility index (Phi) is 7.87. The van der Waals surface area contributed by atoms with Crippen molar-refractivity contribution in [3.05, 3.63) is 70.4 Å². The van der Waals surface area contributed by atoms with E-state index >= 15 is 0 Å². The first-order valence-corrected chi connectivity index (χ1v) is 9.76. The van der Waals surface area contributed by atoms with E-state index in [0.717, 1.165) is 17.4 Å². The van der Waals surface area contributed by atoms with Crippen LogP contribution in [-0.2, 0) is 17.3 Å². The van der Waals surface area contributed by atoms with Crippen LogP contribution < -0.4 is 11.1 Å². The van der Waals surface area contributed by atoms with Gasteiger partial charge in [-0.3, -0.25) is 0 Å². The Morgan fingerprint density at radius 3 is 2.42 bits per heavy atom. The van der Waals surface area contributed by atoms with Crippen molar-refractivity contribution in [1.82, 2.24) is 0 Å². The molecule has 0 aliphatic carbocycles. The zero-order valence-electron chi connectivity index (χ0n) is 16.6. The first-order chi connectivity index (χ1) is 14.6. The minimum Gasteiger partial charge on any atom is -0.506 e. The molecule has 0 saturated carbocycles. The summed E-state index contributed by atoms with van der Waals surface area (Å²) in [5.41, 5.74) is 6.19. The van der Waals surface area contributed by atoms with Crippen LogP contribution in [0.2, 0.25) is 0 Å². The first-order valence-electron chi connectivity index (χ1n) is 8.95. The number of hydrogen-bond acceptors (Lipinski definition) is 6. The zero-order valence-corrected chi connectivity index (χ0v) is 17.4. The van der Waals surface area contributed by atoms with Gasteiger partial charge in [0.2, 0.25) is 0 Å². The number of esters is 1. The summed E-state index contributed by atoms with van der Waals surface area (Å²) in [4.78, 5) is 11.4. The summed E-state index contributed by atoms with van der Waals surface area (Å²) >= 11 is 1.01. The number of ether oxygens (including phenoxy) is 1. The fraction of sp³-hybridized carbons (Fsp3) is 0.190. The molecule has 0 amide bonds. The Bertz CT molecular complexity index is 1050. The lowest BCUT2D eigenvalue weighted by atomic mass is 10.1. The summed E-state index contributed by atoms with van der Waals surface area (Å²) in [6.07, 6.45) is -3.80. The number of carbonyl (C=O) groups excluding carboxylic acids is 1. The van der Waals surface area contributed by atoms with Gasteiger partial charge in [-0.2, -0.15) is 13.2 Å². The SMILES string of the molecule is CCc1ccccc1C(F)(F)F.COC(=O)c1sc(Nc2ccc(F)cc2N)cc1O. The van der Waals surface area contributed by atoms with E-state index in [4.69, 9.17) is 5.73 Å². The Labute approximate surface area is 180 Å². The molecule has 4 N–H and O–H groups in total. The fourth-order valence-electron chi connectivity index (χ4n) is 2.57. The van der Waals surface area contributed by atoms with E-state index in [9.17, 15) is 27.5 Å². The molecule has 2 aromatic carbocycles. The number of aromatic hydroxyl groups is 1. The number of nitrogens with two attached hydrogens (primary N) is 1. The molecule has 0 saturated heterocycles. The second-order valence-corrected chi connectivity index (χ2v) is 7.23. The third-order valence-electron chi connectivity index (χ3n) is 4.06. The highest BCUT2D eigenvalue weighted by Gasteiger charge is 2.32. The topological polar surface area (TPSA) is 84.6 Å². The molecule has 0 unspecified atom stereocenters. The van der Waals surface area contributed by atoms with E-state index in [-0.39, 0.29) is 16.3 Å². The Balaban J connectivity index is 0.000000245. The van der Waals surface area contributed by atoms with Crippen LogP contribution in [0.1, 0.15) is 27.7 Å². The van der Waals surface area contributed by atoms with Crippen molar-refractivity contribution < 1.29 is 32.2 Å². The van der Waals surface area contributed by atoms with Crippen LogP contribution in [0.15, 0.2) is 48.5 Å². The Morgan fingerprint density at radius 1 is 1.19 bits per heavy atom. The lowest BCUT2D eigenvalue weighted by Gasteiger charge is -2.10. The summed E-state index contributed by atoms with van der Waals surface area (Å²) in [7, 11) is 1.23. The number of nitrogen functional groups attached to an aromatic ring is 1. The van der Waals surface area contributed by atoms with Gasteiger partial charge in [0.1, 0.15) is 11.6 Å². The van der Waals surface area contributed by atoms with Gasteiger partial charge in [-0.05, 0) is 36.2 Å². The number of rotatable bonds is 4. The summed E-state index contributed by atoms with van der Waals surface area (Å²) < 4.78 is 54.1. The van der Waals surface area contributed by atoms with Gasteiger partial charge in [-0.15, -0.1) is 11.3 Å². The number of nitrogens with one attached hydrogen (secondary N) is 1. The molecule has 0 bridgehead atoms. The number of halogens is 4. The Morgan fingerprint density at radius 2 is 1.87 bits per heavy atom. The highest BCUT2D eigenvalue weighted by molar-refractivity contribution is 7.18. The van der Waals surface area contributed by atoms with Crippen LogP contribution in [0.4, 0.5) is 33.9 Å². The van der Waals surface area contributed by atoms with Gasteiger partial charge in [0.15, 0.2) is 4.88 Å². The largest absolute Gasteiger partial charge is 0.506 e. The molecule has 0 aliphatic rings. The number of thiophene rings is 1. The van der Waals surface area contributed by atoms with Crippen LogP contribution in [0.3, 0.4) is 0 Å². The zero-order chi connectivity index (χ0) is 23.2. The van der Waals surface area contributed by atoms with Gasteiger partial charge in [-0.25, -0.2) is 9.18 Å². The molecule has 1 heterocycles. The number of carbonyl (C=O) groups is 1. The van der Waals surface area contributed by atoms with Gasteiger partial charge in [0.05, 0.1) is 29.0 Å². The highest BCUT2D eigenvalue weighted by Crippen LogP contribution is 2.36. The maximum absolute atomic E-state index is 12.9. The number of benzene rings is 2. The second kappa shape index (κ2) is 10.2.